The Hall–Kier alpha value is -1.33. The van der Waals surface area contributed by atoms with Gasteiger partial charge in [0, 0.05) is 21.4 Å². The molecule has 5 heteroatoms. The summed E-state index contributed by atoms with van der Waals surface area (Å²) in [5, 5.41) is 2.92. The monoisotopic (exact) mass is 271 g/mol. The highest BCUT2D eigenvalue weighted by Gasteiger charge is 2.20. The van der Waals surface area contributed by atoms with Crippen LogP contribution in [0.4, 0.5) is 13.2 Å². The van der Waals surface area contributed by atoms with E-state index >= 15 is 0 Å². The molecule has 1 aromatic heterocycles. The van der Waals surface area contributed by atoms with E-state index in [1.54, 1.807) is 7.05 Å². The lowest BCUT2D eigenvalue weighted by Gasteiger charge is -2.16. The van der Waals surface area contributed by atoms with Crippen LogP contribution >= 0.6 is 11.3 Å². The number of aryl methyl sites for hydroxylation is 1. The van der Waals surface area contributed by atoms with E-state index in [0.717, 1.165) is 15.8 Å². The maximum absolute atomic E-state index is 13.7. The molecule has 1 N–H and O–H groups in total. The SMILES string of the molecule is CNC(c1ccc(C)s1)c1cc(F)c(F)cc1F. The number of benzene rings is 1. The molecule has 0 aliphatic carbocycles. The predicted molar refractivity (Wildman–Crippen MR) is 66.3 cm³/mol. The fourth-order valence-corrected chi connectivity index (χ4v) is 2.83. The molecule has 0 aliphatic rings. The lowest BCUT2D eigenvalue weighted by molar-refractivity contribution is 0.484. The van der Waals surface area contributed by atoms with Crippen LogP contribution in [0.15, 0.2) is 24.3 Å². The van der Waals surface area contributed by atoms with Crippen molar-refractivity contribution >= 4 is 11.3 Å². The zero-order valence-corrected chi connectivity index (χ0v) is 10.7. The molecule has 18 heavy (non-hydrogen) atoms. The summed E-state index contributed by atoms with van der Waals surface area (Å²) in [5.41, 5.74) is 0.109. The maximum Gasteiger partial charge on any atom is 0.161 e. The average Bonchev–Trinajstić information content (AvgIpc) is 2.73. The lowest BCUT2D eigenvalue weighted by Crippen LogP contribution is -2.18. The third-order valence-corrected chi connectivity index (χ3v) is 3.75. The molecule has 0 saturated heterocycles. The van der Waals surface area contributed by atoms with E-state index in [2.05, 4.69) is 5.32 Å². The van der Waals surface area contributed by atoms with E-state index in [1.165, 1.54) is 11.3 Å². The number of nitrogens with one attached hydrogen (secondary N) is 1. The minimum Gasteiger partial charge on any atom is -0.309 e. The first-order valence-electron chi connectivity index (χ1n) is 5.41. The Kier molecular flexibility index (Phi) is 3.73. The second-order valence-electron chi connectivity index (χ2n) is 3.96. The molecule has 0 spiro atoms. The first-order valence-corrected chi connectivity index (χ1v) is 6.22. The van der Waals surface area contributed by atoms with Crippen molar-refractivity contribution < 1.29 is 13.2 Å². The molecule has 1 nitrogen and oxygen atoms in total. The second-order valence-corrected chi connectivity index (χ2v) is 5.28. The van der Waals surface area contributed by atoms with Gasteiger partial charge in [0.05, 0.1) is 6.04 Å². The molecule has 0 radical (unpaired) electrons. The van der Waals surface area contributed by atoms with E-state index in [4.69, 9.17) is 0 Å². The molecule has 1 aromatic carbocycles. The number of rotatable bonds is 3. The zero-order valence-electron chi connectivity index (χ0n) is 9.93. The molecular weight excluding hydrogens is 259 g/mol. The Morgan fingerprint density at radius 2 is 1.72 bits per heavy atom. The molecule has 0 bridgehead atoms. The quantitative estimate of drug-likeness (QED) is 0.838. The van der Waals surface area contributed by atoms with Crippen LogP contribution < -0.4 is 5.32 Å². The van der Waals surface area contributed by atoms with Crippen molar-refractivity contribution in [2.24, 2.45) is 0 Å². The lowest BCUT2D eigenvalue weighted by atomic mass is 10.0. The summed E-state index contributed by atoms with van der Waals surface area (Å²) in [4.78, 5) is 1.94. The van der Waals surface area contributed by atoms with Crippen LogP contribution in [0.1, 0.15) is 21.4 Å². The topological polar surface area (TPSA) is 12.0 Å². The van der Waals surface area contributed by atoms with Crippen LogP contribution in [0.25, 0.3) is 0 Å². The third-order valence-electron chi connectivity index (χ3n) is 2.68. The number of hydrogen-bond acceptors (Lipinski definition) is 2. The molecule has 1 heterocycles. The van der Waals surface area contributed by atoms with Gasteiger partial charge in [-0.2, -0.15) is 0 Å². The van der Waals surface area contributed by atoms with E-state index in [1.807, 2.05) is 19.1 Å². The Labute approximate surface area is 107 Å². The standard InChI is InChI=1S/C13H12F3NS/c1-7-3-4-12(18-7)13(17-2)8-5-10(15)11(16)6-9(8)14/h3-6,13,17H,1-2H3. The third kappa shape index (κ3) is 2.42. The molecule has 0 saturated carbocycles. The molecule has 2 rings (SSSR count). The highest BCUT2D eigenvalue weighted by molar-refractivity contribution is 7.12. The second kappa shape index (κ2) is 5.12. The van der Waals surface area contributed by atoms with Gasteiger partial charge in [-0.15, -0.1) is 11.3 Å². The van der Waals surface area contributed by atoms with E-state index in [-0.39, 0.29) is 5.56 Å². The van der Waals surface area contributed by atoms with E-state index < -0.39 is 23.5 Å². The van der Waals surface area contributed by atoms with Gasteiger partial charge in [-0.25, -0.2) is 13.2 Å². The Morgan fingerprint density at radius 3 is 2.28 bits per heavy atom. The molecule has 0 fully saturated rings. The van der Waals surface area contributed by atoms with Gasteiger partial charge in [0.1, 0.15) is 5.82 Å². The predicted octanol–water partition coefficient (Wildman–Crippen LogP) is 3.78. The first kappa shape index (κ1) is 13.1. The van der Waals surface area contributed by atoms with Crippen LogP contribution in [0.3, 0.4) is 0 Å². The summed E-state index contributed by atoms with van der Waals surface area (Å²) >= 11 is 1.49. The minimum absolute atomic E-state index is 0.109. The van der Waals surface area contributed by atoms with Crippen LogP contribution in [0.5, 0.6) is 0 Å². The highest BCUT2D eigenvalue weighted by atomic mass is 32.1. The van der Waals surface area contributed by atoms with E-state index in [9.17, 15) is 13.2 Å². The average molecular weight is 271 g/mol. The Balaban J connectivity index is 2.48. The maximum atomic E-state index is 13.7. The van der Waals surface area contributed by atoms with Gasteiger partial charge >= 0.3 is 0 Å². The van der Waals surface area contributed by atoms with Gasteiger partial charge in [0.2, 0.25) is 0 Å². The fraction of sp³-hybridized carbons (Fsp3) is 0.231. The number of hydrogen-bond donors (Lipinski definition) is 1. The summed E-state index contributed by atoms with van der Waals surface area (Å²) in [6.45, 7) is 1.93. The number of halogens is 3. The van der Waals surface area contributed by atoms with Crippen molar-refractivity contribution in [1.82, 2.24) is 5.32 Å². The van der Waals surface area contributed by atoms with E-state index in [0.29, 0.717) is 6.07 Å². The summed E-state index contributed by atoms with van der Waals surface area (Å²) < 4.78 is 39.8. The zero-order chi connectivity index (χ0) is 13.3. The van der Waals surface area contributed by atoms with Crippen molar-refractivity contribution in [2.45, 2.75) is 13.0 Å². The summed E-state index contributed by atoms with van der Waals surface area (Å²) in [6, 6.07) is 4.76. The molecular formula is C13H12F3NS. The van der Waals surface area contributed by atoms with Crippen molar-refractivity contribution in [3.05, 3.63) is 57.0 Å². The molecule has 1 unspecified atom stereocenters. The molecule has 0 aliphatic heterocycles. The van der Waals surface area contributed by atoms with Gasteiger partial charge in [0.15, 0.2) is 11.6 Å². The first-order chi connectivity index (χ1) is 8.52. The van der Waals surface area contributed by atoms with Crippen LogP contribution in [-0.4, -0.2) is 7.05 Å². The molecule has 0 amide bonds. The van der Waals surface area contributed by atoms with Gasteiger partial charge in [0.25, 0.3) is 0 Å². The summed E-state index contributed by atoms with van der Waals surface area (Å²) in [6.07, 6.45) is 0. The number of thiophene rings is 1. The van der Waals surface area contributed by atoms with Gasteiger partial charge < -0.3 is 5.32 Å². The van der Waals surface area contributed by atoms with Gasteiger partial charge in [-0.3, -0.25) is 0 Å². The van der Waals surface area contributed by atoms with Crippen molar-refractivity contribution in [1.29, 1.82) is 0 Å². The summed E-state index contributed by atoms with van der Waals surface area (Å²) in [7, 11) is 1.65. The van der Waals surface area contributed by atoms with Crippen LogP contribution in [0.2, 0.25) is 0 Å². The molecule has 1 atom stereocenters. The van der Waals surface area contributed by atoms with Crippen LogP contribution in [-0.2, 0) is 0 Å². The Bertz CT molecular complexity index is 565. The molecule has 96 valence electrons. The highest BCUT2D eigenvalue weighted by Crippen LogP contribution is 2.30. The smallest absolute Gasteiger partial charge is 0.161 e. The normalized spacial score (nSPS) is 12.7. The summed E-state index contributed by atoms with van der Waals surface area (Å²) in [5.74, 6) is -2.97. The molecule has 2 aromatic rings. The van der Waals surface area contributed by atoms with Crippen molar-refractivity contribution in [3.63, 3.8) is 0 Å². The largest absolute Gasteiger partial charge is 0.309 e. The minimum atomic E-state index is -1.17. The fourth-order valence-electron chi connectivity index (χ4n) is 1.82. The van der Waals surface area contributed by atoms with Gasteiger partial charge in [-0.05, 0) is 32.2 Å². The van der Waals surface area contributed by atoms with Crippen molar-refractivity contribution in [2.75, 3.05) is 7.05 Å². The van der Waals surface area contributed by atoms with Crippen LogP contribution in [0, 0.1) is 24.4 Å². The Morgan fingerprint density at radius 1 is 1.06 bits per heavy atom. The van der Waals surface area contributed by atoms with Crippen molar-refractivity contribution in [3.8, 4) is 0 Å². The van der Waals surface area contributed by atoms with Gasteiger partial charge in [-0.1, -0.05) is 0 Å².